The van der Waals surface area contributed by atoms with E-state index in [1.165, 1.54) is 25.8 Å². The highest BCUT2D eigenvalue weighted by Crippen LogP contribution is 2.15. The standard InChI is InChI=1S/C9H17N/c1-3-7-10-8-5-4-6-9(10)2/h3,7,9H,4-6,8H2,1-2H3/b7-3-. The van der Waals surface area contributed by atoms with Gasteiger partial charge in [0.05, 0.1) is 0 Å². The zero-order valence-electron chi connectivity index (χ0n) is 7.01. The van der Waals surface area contributed by atoms with Gasteiger partial charge in [-0.25, -0.2) is 0 Å². The minimum Gasteiger partial charge on any atom is -0.375 e. The molecule has 10 heavy (non-hydrogen) atoms. The van der Waals surface area contributed by atoms with Crippen LogP contribution in [-0.2, 0) is 0 Å². The Morgan fingerprint density at radius 1 is 1.40 bits per heavy atom. The summed E-state index contributed by atoms with van der Waals surface area (Å²) in [4.78, 5) is 2.43. The quantitative estimate of drug-likeness (QED) is 0.539. The molecular formula is C9H17N. The van der Waals surface area contributed by atoms with E-state index in [9.17, 15) is 0 Å². The van der Waals surface area contributed by atoms with Crippen molar-refractivity contribution in [2.75, 3.05) is 6.54 Å². The molecule has 1 unspecified atom stereocenters. The SMILES string of the molecule is C/C=C\N1CCCCC1C. The van der Waals surface area contributed by atoms with Gasteiger partial charge >= 0.3 is 0 Å². The van der Waals surface area contributed by atoms with Crippen LogP contribution in [0.25, 0.3) is 0 Å². The average Bonchev–Trinajstić information content (AvgIpc) is 1.94. The monoisotopic (exact) mass is 139 g/mol. The van der Waals surface area contributed by atoms with E-state index in [2.05, 4.69) is 31.0 Å². The lowest BCUT2D eigenvalue weighted by Gasteiger charge is -2.32. The lowest BCUT2D eigenvalue weighted by molar-refractivity contribution is 0.229. The zero-order valence-corrected chi connectivity index (χ0v) is 7.01. The molecule has 1 rings (SSSR count). The number of likely N-dealkylation sites (tertiary alicyclic amines) is 1. The normalized spacial score (nSPS) is 27.8. The molecule has 58 valence electrons. The molecule has 1 atom stereocenters. The lowest BCUT2D eigenvalue weighted by atomic mass is 10.0. The number of rotatable bonds is 1. The van der Waals surface area contributed by atoms with Crippen molar-refractivity contribution in [1.82, 2.24) is 4.90 Å². The Morgan fingerprint density at radius 2 is 2.20 bits per heavy atom. The number of hydrogen-bond acceptors (Lipinski definition) is 1. The highest BCUT2D eigenvalue weighted by atomic mass is 15.1. The predicted octanol–water partition coefficient (Wildman–Crippen LogP) is 2.39. The van der Waals surface area contributed by atoms with Crippen LogP contribution < -0.4 is 0 Å². The molecule has 1 saturated heterocycles. The number of piperidine rings is 1. The highest BCUT2D eigenvalue weighted by Gasteiger charge is 2.13. The Balaban J connectivity index is 2.39. The first-order chi connectivity index (χ1) is 4.84. The first-order valence-corrected chi connectivity index (χ1v) is 4.23. The molecule has 1 nitrogen and oxygen atoms in total. The van der Waals surface area contributed by atoms with Gasteiger partial charge in [-0.2, -0.15) is 0 Å². The van der Waals surface area contributed by atoms with Gasteiger partial charge in [0.1, 0.15) is 0 Å². The van der Waals surface area contributed by atoms with Gasteiger partial charge in [0, 0.05) is 12.6 Å². The summed E-state index contributed by atoms with van der Waals surface area (Å²) < 4.78 is 0. The molecule has 0 amide bonds. The summed E-state index contributed by atoms with van der Waals surface area (Å²) in [6.45, 7) is 5.64. The summed E-state index contributed by atoms with van der Waals surface area (Å²) >= 11 is 0. The van der Waals surface area contributed by atoms with Gasteiger partial charge in [0.25, 0.3) is 0 Å². The van der Waals surface area contributed by atoms with E-state index in [-0.39, 0.29) is 0 Å². The van der Waals surface area contributed by atoms with Crippen molar-refractivity contribution in [3.8, 4) is 0 Å². The Morgan fingerprint density at radius 3 is 2.80 bits per heavy atom. The van der Waals surface area contributed by atoms with Gasteiger partial charge in [-0.1, -0.05) is 6.08 Å². The van der Waals surface area contributed by atoms with Crippen molar-refractivity contribution < 1.29 is 0 Å². The molecule has 0 aromatic carbocycles. The third-order valence-corrected chi connectivity index (χ3v) is 2.19. The molecule has 0 spiro atoms. The summed E-state index contributed by atoms with van der Waals surface area (Å²) in [5.41, 5.74) is 0. The van der Waals surface area contributed by atoms with Crippen molar-refractivity contribution >= 4 is 0 Å². The van der Waals surface area contributed by atoms with E-state index in [1.54, 1.807) is 0 Å². The van der Waals surface area contributed by atoms with Gasteiger partial charge in [0.15, 0.2) is 0 Å². The van der Waals surface area contributed by atoms with Crippen LogP contribution in [0.5, 0.6) is 0 Å². The molecule has 0 radical (unpaired) electrons. The third-order valence-electron chi connectivity index (χ3n) is 2.19. The smallest absolute Gasteiger partial charge is 0.0256 e. The van der Waals surface area contributed by atoms with Crippen LogP contribution in [0.15, 0.2) is 12.3 Å². The molecule has 0 aliphatic carbocycles. The Kier molecular flexibility index (Phi) is 2.79. The highest BCUT2D eigenvalue weighted by molar-refractivity contribution is 4.84. The van der Waals surface area contributed by atoms with Gasteiger partial charge in [0.2, 0.25) is 0 Å². The van der Waals surface area contributed by atoms with Crippen molar-refractivity contribution in [3.05, 3.63) is 12.3 Å². The first-order valence-electron chi connectivity index (χ1n) is 4.23. The van der Waals surface area contributed by atoms with E-state index in [1.807, 2.05) is 0 Å². The second-order valence-electron chi connectivity index (χ2n) is 3.07. The molecule has 0 bridgehead atoms. The molecule has 1 fully saturated rings. The molecule has 1 aliphatic rings. The van der Waals surface area contributed by atoms with Crippen molar-refractivity contribution in [2.45, 2.75) is 39.2 Å². The molecule has 1 heterocycles. The van der Waals surface area contributed by atoms with Crippen LogP contribution in [0.4, 0.5) is 0 Å². The Hall–Kier alpha value is -0.460. The zero-order chi connectivity index (χ0) is 7.40. The maximum absolute atomic E-state index is 2.43. The fourth-order valence-corrected chi connectivity index (χ4v) is 1.53. The number of allylic oxidation sites excluding steroid dienone is 1. The largest absolute Gasteiger partial charge is 0.375 e. The van der Waals surface area contributed by atoms with Crippen LogP contribution in [0, 0.1) is 0 Å². The van der Waals surface area contributed by atoms with E-state index >= 15 is 0 Å². The topological polar surface area (TPSA) is 3.24 Å². The van der Waals surface area contributed by atoms with Crippen molar-refractivity contribution in [3.63, 3.8) is 0 Å². The molecular weight excluding hydrogens is 122 g/mol. The first kappa shape index (κ1) is 7.64. The Bertz CT molecular complexity index is 118. The van der Waals surface area contributed by atoms with E-state index in [0.717, 1.165) is 6.04 Å². The van der Waals surface area contributed by atoms with Gasteiger partial charge in [-0.15, -0.1) is 0 Å². The Labute approximate surface area is 63.7 Å². The molecule has 0 aromatic rings. The second-order valence-corrected chi connectivity index (χ2v) is 3.07. The molecule has 1 aliphatic heterocycles. The molecule has 0 aromatic heterocycles. The average molecular weight is 139 g/mol. The number of hydrogen-bond donors (Lipinski definition) is 0. The van der Waals surface area contributed by atoms with Crippen LogP contribution in [0.1, 0.15) is 33.1 Å². The van der Waals surface area contributed by atoms with Gasteiger partial charge in [-0.3, -0.25) is 0 Å². The summed E-state index contributed by atoms with van der Waals surface area (Å²) in [7, 11) is 0. The summed E-state index contributed by atoms with van der Waals surface area (Å²) in [6, 6.07) is 0.768. The van der Waals surface area contributed by atoms with Crippen molar-refractivity contribution in [2.24, 2.45) is 0 Å². The maximum atomic E-state index is 2.43. The fourth-order valence-electron chi connectivity index (χ4n) is 1.53. The van der Waals surface area contributed by atoms with Crippen LogP contribution in [-0.4, -0.2) is 17.5 Å². The van der Waals surface area contributed by atoms with Gasteiger partial charge < -0.3 is 4.90 Å². The van der Waals surface area contributed by atoms with E-state index in [4.69, 9.17) is 0 Å². The lowest BCUT2D eigenvalue weighted by Crippen LogP contribution is -2.32. The van der Waals surface area contributed by atoms with E-state index < -0.39 is 0 Å². The third kappa shape index (κ3) is 1.76. The maximum Gasteiger partial charge on any atom is 0.0256 e. The van der Waals surface area contributed by atoms with Gasteiger partial charge in [-0.05, 0) is 39.3 Å². The molecule has 0 N–H and O–H groups in total. The predicted molar refractivity (Wildman–Crippen MR) is 44.8 cm³/mol. The molecule has 1 heteroatoms. The van der Waals surface area contributed by atoms with Crippen molar-refractivity contribution in [1.29, 1.82) is 0 Å². The molecule has 0 saturated carbocycles. The minimum absolute atomic E-state index is 0.768. The minimum atomic E-state index is 0.768. The van der Waals surface area contributed by atoms with Crippen LogP contribution in [0.3, 0.4) is 0 Å². The summed E-state index contributed by atoms with van der Waals surface area (Å²) in [5.74, 6) is 0. The summed E-state index contributed by atoms with van der Waals surface area (Å²) in [6.07, 6.45) is 8.49. The van der Waals surface area contributed by atoms with Crippen LogP contribution >= 0.6 is 0 Å². The second kappa shape index (κ2) is 3.65. The summed E-state index contributed by atoms with van der Waals surface area (Å²) in [5, 5.41) is 0. The number of nitrogens with zero attached hydrogens (tertiary/aromatic N) is 1. The fraction of sp³-hybridized carbons (Fsp3) is 0.778. The van der Waals surface area contributed by atoms with Crippen LogP contribution in [0.2, 0.25) is 0 Å². The van der Waals surface area contributed by atoms with E-state index in [0.29, 0.717) is 0 Å².